The normalized spacial score (nSPS) is 14.2. The Hall–Kier alpha value is -7.37. The Morgan fingerprint density at radius 3 is 1.62 bits per heavy atom. The molecule has 2 aliphatic rings. The first-order chi connectivity index (χ1) is 29.3. The predicted octanol–water partition coefficient (Wildman–Crippen LogP) is 7.99. The lowest BCUT2D eigenvalue weighted by Crippen LogP contribution is -2.39. The number of amides is 2. The van der Waals surface area contributed by atoms with E-state index in [2.05, 4.69) is 0 Å². The summed E-state index contributed by atoms with van der Waals surface area (Å²) in [6, 6.07) is 14.5. The molecule has 0 aliphatic carbocycles. The molecule has 18 heteroatoms. The summed E-state index contributed by atoms with van der Waals surface area (Å²) in [6.45, 7) is 4.08. The third-order valence-corrected chi connectivity index (χ3v) is 9.60. The highest BCUT2D eigenvalue weighted by Crippen LogP contribution is 2.39. The number of ether oxygens (including phenoxy) is 5. The summed E-state index contributed by atoms with van der Waals surface area (Å²) < 4.78 is 54.2. The number of benzene rings is 4. The summed E-state index contributed by atoms with van der Waals surface area (Å²) >= 11 is 0. The van der Waals surface area contributed by atoms with Crippen LogP contribution in [0.25, 0.3) is 11.1 Å². The molecule has 0 aromatic heterocycles. The average Bonchev–Trinajstić information content (AvgIpc) is 3.95. The molecule has 2 heterocycles. The van der Waals surface area contributed by atoms with Gasteiger partial charge in [0, 0.05) is 43.9 Å². The first-order valence-corrected chi connectivity index (χ1v) is 19.0. The maximum Gasteiger partial charge on any atom is 0.329 e. The highest BCUT2D eigenvalue weighted by Gasteiger charge is 2.39. The van der Waals surface area contributed by atoms with Crippen molar-refractivity contribution in [3.05, 3.63) is 139 Å². The lowest BCUT2D eigenvalue weighted by Gasteiger charge is -2.22. The zero-order valence-corrected chi connectivity index (χ0v) is 33.8. The van der Waals surface area contributed by atoms with Gasteiger partial charge in [-0.15, -0.1) is 0 Å². The lowest BCUT2D eigenvalue weighted by atomic mass is 10.0. The van der Waals surface area contributed by atoms with Crippen molar-refractivity contribution in [1.82, 2.24) is 9.80 Å². The minimum absolute atomic E-state index is 0.0106. The van der Waals surface area contributed by atoms with Gasteiger partial charge in [-0.25, -0.2) is 13.6 Å². The number of rotatable bonds is 15. The molecule has 0 saturated carbocycles. The van der Waals surface area contributed by atoms with Crippen molar-refractivity contribution in [3.63, 3.8) is 0 Å². The first kappa shape index (κ1) is 44.7. The quantitative estimate of drug-likeness (QED) is 0.0486. The van der Waals surface area contributed by atoms with Gasteiger partial charge in [0.2, 0.25) is 0 Å². The van der Waals surface area contributed by atoms with Crippen LogP contribution in [0, 0.1) is 31.9 Å². The van der Waals surface area contributed by atoms with Gasteiger partial charge in [-0.05, 0) is 53.0 Å². The number of hydrogen-bond acceptors (Lipinski definition) is 12. The van der Waals surface area contributed by atoms with E-state index in [1.807, 2.05) is 13.8 Å². The molecule has 0 saturated heterocycles. The number of nitro groups is 2. The van der Waals surface area contributed by atoms with Gasteiger partial charge in [0.15, 0.2) is 23.0 Å². The second-order valence-electron chi connectivity index (χ2n) is 13.1. The summed E-state index contributed by atoms with van der Waals surface area (Å²) in [4.78, 5) is 65.3. The molecule has 4 aromatic carbocycles. The fourth-order valence-electron chi connectivity index (χ4n) is 6.61. The monoisotopic (exact) mass is 844 g/mol. The third kappa shape index (κ3) is 10.1. The molecule has 0 fully saturated rings. The Bertz CT molecular complexity index is 2370. The van der Waals surface area contributed by atoms with Crippen LogP contribution in [0.1, 0.15) is 65.0 Å². The van der Waals surface area contributed by atoms with E-state index in [9.17, 15) is 43.4 Å². The van der Waals surface area contributed by atoms with Crippen molar-refractivity contribution in [2.24, 2.45) is 0 Å². The summed E-state index contributed by atoms with van der Waals surface area (Å²) in [7, 11) is 3.72. The number of carbonyl (C=O) groups excluding carboxylic acids is 3. The van der Waals surface area contributed by atoms with Crippen molar-refractivity contribution in [2.45, 2.75) is 39.2 Å². The van der Waals surface area contributed by atoms with Gasteiger partial charge in [0.05, 0.1) is 56.5 Å². The van der Waals surface area contributed by atoms with Crippen molar-refractivity contribution >= 4 is 40.3 Å². The fourth-order valence-corrected chi connectivity index (χ4v) is 6.61. The maximum absolute atomic E-state index is 13.9. The molecule has 2 amide bonds. The number of halogens is 2. The third-order valence-electron chi connectivity index (χ3n) is 9.60. The SMILES string of the molecule is CC.COC(=O)C1CC(c2ccc(F)cc2)=CN1C(=O)c1cc(OC)c(OCCCOc2cc([N+](=O)[O-])c(C(=O)N3C=C(c4ccc(F)cc4)CC3)cc2OC)cc1[N+](=O)[O-]. The average molecular weight is 845 g/mol. The van der Waals surface area contributed by atoms with Crippen LogP contribution < -0.4 is 18.9 Å². The standard InChI is InChI=1S/C41H36F2N4O12.C2H6/c1-55-35-18-30(39(48)44-14-13-26(22-44)24-5-9-28(42)10-6-24)32(46(51)52)20-37(35)58-15-4-16-59-38-21-33(47(53)54)31(19-36(38)56-2)40(49)45-23-27(17-34(45)41(50)57-3)25-7-11-29(43)12-8-25;1-2/h5-12,18-23,34H,4,13-17H2,1-3H3;1-2H3. The minimum Gasteiger partial charge on any atom is -0.493 e. The van der Waals surface area contributed by atoms with E-state index in [1.165, 1.54) is 67.8 Å². The molecule has 0 bridgehead atoms. The molecule has 1 unspecified atom stereocenters. The molecule has 61 heavy (non-hydrogen) atoms. The lowest BCUT2D eigenvalue weighted by molar-refractivity contribution is -0.385. The van der Waals surface area contributed by atoms with Gasteiger partial charge >= 0.3 is 5.97 Å². The van der Waals surface area contributed by atoms with Gasteiger partial charge in [-0.1, -0.05) is 38.1 Å². The van der Waals surface area contributed by atoms with Crippen LogP contribution in [0.15, 0.2) is 85.2 Å². The summed E-state index contributed by atoms with van der Waals surface area (Å²) in [5.74, 6) is -3.29. The molecule has 6 rings (SSSR count). The van der Waals surface area contributed by atoms with Crippen molar-refractivity contribution in [1.29, 1.82) is 0 Å². The molecule has 0 radical (unpaired) electrons. The van der Waals surface area contributed by atoms with Crippen LogP contribution in [0.2, 0.25) is 0 Å². The fraction of sp³-hybridized carbons (Fsp3) is 0.279. The topological polar surface area (TPSA) is 190 Å². The van der Waals surface area contributed by atoms with Gasteiger partial charge in [0.1, 0.15) is 28.8 Å². The number of esters is 1. The van der Waals surface area contributed by atoms with E-state index in [0.29, 0.717) is 17.6 Å². The van der Waals surface area contributed by atoms with Crippen LogP contribution >= 0.6 is 0 Å². The second kappa shape index (κ2) is 20.1. The Kier molecular flexibility index (Phi) is 14.7. The van der Waals surface area contributed by atoms with E-state index in [1.54, 1.807) is 18.3 Å². The van der Waals surface area contributed by atoms with E-state index < -0.39 is 62.2 Å². The predicted molar refractivity (Wildman–Crippen MR) is 217 cm³/mol. The van der Waals surface area contributed by atoms with Gasteiger partial charge < -0.3 is 28.6 Å². The van der Waals surface area contributed by atoms with Gasteiger partial charge in [0.25, 0.3) is 23.2 Å². The van der Waals surface area contributed by atoms with Crippen LogP contribution in [-0.2, 0) is 9.53 Å². The van der Waals surface area contributed by atoms with Crippen LogP contribution in [0.5, 0.6) is 23.0 Å². The Labute approximate surface area is 348 Å². The minimum atomic E-state index is -1.16. The zero-order valence-electron chi connectivity index (χ0n) is 33.8. The molecule has 1 atom stereocenters. The summed E-state index contributed by atoms with van der Waals surface area (Å²) in [5.41, 5.74) is 0.715. The zero-order chi connectivity index (χ0) is 44.4. The number of carbonyl (C=O) groups is 3. The number of hydrogen-bond donors (Lipinski definition) is 0. The largest absolute Gasteiger partial charge is 0.493 e. The van der Waals surface area contributed by atoms with Crippen molar-refractivity contribution < 1.29 is 56.7 Å². The summed E-state index contributed by atoms with van der Waals surface area (Å²) in [6.07, 6.45) is 3.55. The molecule has 2 aliphatic heterocycles. The molecule has 16 nitrogen and oxygen atoms in total. The second-order valence-corrected chi connectivity index (χ2v) is 13.1. The van der Waals surface area contributed by atoms with Crippen molar-refractivity contribution in [2.75, 3.05) is 41.1 Å². The Balaban J connectivity index is 0.00000347. The van der Waals surface area contributed by atoms with E-state index in [0.717, 1.165) is 41.3 Å². The van der Waals surface area contributed by atoms with Crippen molar-refractivity contribution in [3.8, 4) is 23.0 Å². The molecule has 4 aromatic rings. The number of methoxy groups -OCH3 is 3. The Morgan fingerprint density at radius 2 is 1.16 bits per heavy atom. The molecular weight excluding hydrogens is 802 g/mol. The molecule has 0 N–H and O–H groups in total. The highest BCUT2D eigenvalue weighted by atomic mass is 19.1. The first-order valence-electron chi connectivity index (χ1n) is 19.0. The number of nitrogens with zero attached hydrogens (tertiary/aromatic N) is 4. The smallest absolute Gasteiger partial charge is 0.329 e. The van der Waals surface area contributed by atoms with Gasteiger partial charge in [-0.2, -0.15) is 0 Å². The van der Waals surface area contributed by atoms with Crippen LogP contribution in [0.3, 0.4) is 0 Å². The maximum atomic E-state index is 13.9. The molecule has 320 valence electrons. The highest BCUT2D eigenvalue weighted by molar-refractivity contribution is 6.03. The number of nitro benzene ring substituents is 2. The van der Waals surface area contributed by atoms with Crippen LogP contribution in [-0.4, -0.2) is 84.6 Å². The van der Waals surface area contributed by atoms with E-state index in [4.69, 9.17) is 23.7 Å². The van der Waals surface area contributed by atoms with Crippen LogP contribution in [0.4, 0.5) is 20.2 Å². The Morgan fingerprint density at radius 1 is 0.689 bits per heavy atom. The summed E-state index contributed by atoms with van der Waals surface area (Å²) in [5, 5.41) is 24.4. The van der Waals surface area contributed by atoms with E-state index >= 15 is 0 Å². The van der Waals surface area contributed by atoms with E-state index in [-0.39, 0.29) is 61.2 Å². The molecule has 0 spiro atoms. The van der Waals surface area contributed by atoms with Gasteiger partial charge in [-0.3, -0.25) is 34.7 Å². The molecular formula is C43H42F2N4O12.